The molecule has 0 aliphatic heterocycles. The van der Waals surface area contributed by atoms with Crippen molar-refractivity contribution in [1.82, 2.24) is 0 Å². The minimum Gasteiger partial charge on any atom is -0.462 e. The smallest absolute Gasteiger partial charge is 0.338 e. The lowest BCUT2D eigenvalue weighted by molar-refractivity contribution is 0.0517. The number of hydrogen-bond donors (Lipinski definition) is 1. The highest BCUT2D eigenvalue weighted by atomic mass is 16.5. The van der Waals surface area contributed by atoms with Crippen LogP contribution in [0.1, 0.15) is 40.1 Å². The maximum Gasteiger partial charge on any atom is 0.338 e. The molecule has 0 aliphatic rings. The second-order valence-corrected chi connectivity index (χ2v) is 8.09. The number of benzene rings is 4. The highest BCUT2D eigenvalue weighted by molar-refractivity contribution is 6.09. The van der Waals surface area contributed by atoms with E-state index in [1.807, 2.05) is 42.5 Å². The predicted octanol–water partition coefficient (Wildman–Crippen LogP) is 6.90. The van der Waals surface area contributed by atoms with Gasteiger partial charge in [0.05, 0.1) is 30.0 Å². The fourth-order valence-electron chi connectivity index (χ4n) is 3.67. The van der Waals surface area contributed by atoms with Crippen LogP contribution in [-0.2, 0) is 9.47 Å². The molecular weight excluding hydrogens is 464 g/mol. The molecule has 1 N–H and O–H groups in total. The van der Waals surface area contributed by atoms with Gasteiger partial charge in [-0.3, -0.25) is 0 Å². The third-order valence-corrected chi connectivity index (χ3v) is 5.54. The standard InChI is InChI=1S/C31H28N2O4/c1-3-36-30(34)25-14-18-27(19-15-25)32-29(33-28-20-16-26(17-21-28)31(35)37-4-2)24-12-10-23(11-13-24)22-8-6-5-7-9-22/h5-21H,3-4H2,1-2H3,(H,32,33). The molecule has 6 heteroatoms. The van der Waals surface area contributed by atoms with Crippen LogP contribution in [0.4, 0.5) is 11.4 Å². The Kier molecular flexibility index (Phi) is 8.45. The van der Waals surface area contributed by atoms with E-state index >= 15 is 0 Å². The van der Waals surface area contributed by atoms with Crippen molar-refractivity contribution in [3.8, 4) is 11.1 Å². The Hall–Kier alpha value is -4.71. The first kappa shape index (κ1) is 25.4. The number of nitrogens with zero attached hydrogens (tertiary/aromatic N) is 1. The molecule has 186 valence electrons. The van der Waals surface area contributed by atoms with Crippen LogP contribution in [0.5, 0.6) is 0 Å². The molecule has 0 radical (unpaired) electrons. The minimum atomic E-state index is -0.366. The molecule has 0 heterocycles. The summed E-state index contributed by atoms with van der Waals surface area (Å²) in [6, 6.07) is 32.3. The van der Waals surface area contributed by atoms with Crippen molar-refractivity contribution in [2.75, 3.05) is 18.5 Å². The monoisotopic (exact) mass is 492 g/mol. The van der Waals surface area contributed by atoms with Gasteiger partial charge in [-0.2, -0.15) is 0 Å². The number of hydrogen-bond acceptors (Lipinski definition) is 5. The van der Waals surface area contributed by atoms with E-state index in [1.54, 1.807) is 50.2 Å². The maximum atomic E-state index is 12.0. The van der Waals surface area contributed by atoms with Gasteiger partial charge >= 0.3 is 11.9 Å². The van der Waals surface area contributed by atoms with Crippen molar-refractivity contribution in [1.29, 1.82) is 0 Å². The van der Waals surface area contributed by atoms with E-state index in [1.165, 1.54) is 0 Å². The van der Waals surface area contributed by atoms with Gasteiger partial charge in [-0.15, -0.1) is 0 Å². The van der Waals surface area contributed by atoms with Crippen LogP contribution < -0.4 is 5.32 Å². The van der Waals surface area contributed by atoms with E-state index < -0.39 is 0 Å². The Morgan fingerprint density at radius 1 is 0.622 bits per heavy atom. The molecule has 0 unspecified atom stereocenters. The number of nitrogens with one attached hydrogen (secondary N) is 1. The van der Waals surface area contributed by atoms with E-state index in [9.17, 15) is 9.59 Å². The van der Waals surface area contributed by atoms with E-state index in [-0.39, 0.29) is 11.9 Å². The molecule has 0 aromatic heterocycles. The molecule has 0 saturated carbocycles. The third kappa shape index (κ3) is 6.70. The fraction of sp³-hybridized carbons (Fsp3) is 0.129. The van der Waals surface area contributed by atoms with Crippen LogP contribution in [-0.4, -0.2) is 31.0 Å². The molecule has 0 aliphatic carbocycles. The van der Waals surface area contributed by atoms with Crippen LogP contribution in [0, 0.1) is 0 Å². The number of aliphatic imine (C=N–C) groups is 1. The molecule has 37 heavy (non-hydrogen) atoms. The number of esters is 2. The Bertz CT molecular complexity index is 1360. The highest BCUT2D eigenvalue weighted by Gasteiger charge is 2.10. The molecule has 0 bridgehead atoms. The minimum absolute atomic E-state index is 0.320. The normalized spacial score (nSPS) is 11.0. The van der Waals surface area contributed by atoms with Gasteiger partial charge in [0.15, 0.2) is 0 Å². The summed E-state index contributed by atoms with van der Waals surface area (Å²) >= 11 is 0. The molecule has 0 atom stereocenters. The topological polar surface area (TPSA) is 77.0 Å². The van der Waals surface area contributed by atoms with E-state index in [4.69, 9.17) is 14.5 Å². The average molecular weight is 493 g/mol. The van der Waals surface area contributed by atoms with Crippen molar-refractivity contribution >= 4 is 29.1 Å². The lowest BCUT2D eigenvalue weighted by atomic mass is 10.0. The van der Waals surface area contributed by atoms with Gasteiger partial charge in [0.25, 0.3) is 0 Å². The first-order chi connectivity index (χ1) is 18.1. The zero-order chi connectivity index (χ0) is 26.0. The molecule has 4 aromatic rings. The Balaban J connectivity index is 1.64. The summed E-state index contributed by atoms with van der Waals surface area (Å²) in [6.45, 7) is 4.19. The van der Waals surface area contributed by atoms with Crippen molar-refractivity contribution in [3.63, 3.8) is 0 Å². The number of ether oxygens (including phenoxy) is 2. The number of anilines is 1. The molecule has 4 aromatic carbocycles. The number of carbonyl (C=O) groups excluding carboxylic acids is 2. The zero-order valence-corrected chi connectivity index (χ0v) is 20.8. The Morgan fingerprint density at radius 2 is 1.11 bits per heavy atom. The maximum absolute atomic E-state index is 12.0. The summed E-state index contributed by atoms with van der Waals surface area (Å²) in [7, 11) is 0. The van der Waals surface area contributed by atoms with E-state index in [2.05, 4.69) is 29.6 Å². The van der Waals surface area contributed by atoms with Gasteiger partial charge in [0, 0.05) is 11.3 Å². The first-order valence-electron chi connectivity index (χ1n) is 12.1. The van der Waals surface area contributed by atoms with Gasteiger partial charge < -0.3 is 14.8 Å². The van der Waals surface area contributed by atoms with Gasteiger partial charge in [-0.25, -0.2) is 14.6 Å². The second-order valence-electron chi connectivity index (χ2n) is 8.09. The van der Waals surface area contributed by atoms with Crippen molar-refractivity contribution in [2.24, 2.45) is 4.99 Å². The summed E-state index contributed by atoms with van der Waals surface area (Å²) in [4.78, 5) is 28.8. The lowest BCUT2D eigenvalue weighted by Gasteiger charge is -2.12. The molecule has 0 fully saturated rings. The average Bonchev–Trinajstić information content (AvgIpc) is 2.94. The summed E-state index contributed by atoms with van der Waals surface area (Å²) in [5.74, 6) is -0.108. The van der Waals surface area contributed by atoms with Crippen molar-refractivity contribution in [2.45, 2.75) is 13.8 Å². The fourth-order valence-corrected chi connectivity index (χ4v) is 3.67. The summed E-state index contributed by atoms with van der Waals surface area (Å²) in [5, 5.41) is 3.37. The summed E-state index contributed by atoms with van der Waals surface area (Å²) < 4.78 is 10.1. The molecule has 0 saturated heterocycles. The largest absolute Gasteiger partial charge is 0.462 e. The summed E-state index contributed by atoms with van der Waals surface area (Å²) in [5.41, 5.74) is 5.49. The molecule has 0 amide bonds. The van der Waals surface area contributed by atoms with Crippen LogP contribution in [0.3, 0.4) is 0 Å². The summed E-state index contributed by atoms with van der Waals surface area (Å²) in [6.07, 6.45) is 0. The number of amidine groups is 1. The van der Waals surface area contributed by atoms with Gasteiger partial charge in [-0.05, 0) is 73.5 Å². The van der Waals surface area contributed by atoms with Crippen LogP contribution >= 0.6 is 0 Å². The number of rotatable bonds is 8. The molecule has 4 rings (SSSR count). The Morgan fingerprint density at radius 3 is 1.65 bits per heavy atom. The van der Waals surface area contributed by atoms with Crippen molar-refractivity contribution < 1.29 is 19.1 Å². The Labute approximate surface area is 216 Å². The van der Waals surface area contributed by atoms with Crippen LogP contribution in [0.2, 0.25) is 0 Å². The first-order valence-corrected chi connectivity index (χ1v) is 12.1. The van der Waals surface area contributed by atoms with E-state index in [0.29, 0.717) is 35.9 Å². The SMILES string of the molecule is CCOC(=O)c1ccc(/N=C(/Nc2ccc(C(=O)OCC)cc2)c2ccc(-c3ccccc3)cc2)cc1. The molecule has 0 spiro atoms. The van der Waals surface area contributed by atoms with Gasteiger partial charge in [-0.1, -0.05) is 54.6 Å². The quantitative estimate of drug-likeness (QED) is 0.164. The van der Waals surface area contributed by atoms with Crippen LogP contribution in [0.15, 0.2) is 108 Å². The highest BCUT2D eigenvalue weighted by Crippen LogP contribution is 2.22. The second kappa shape index (κ2) is 12.3. The van der Waals surface area contributed by atoms with Gasteiger partial charge in [0.1, 0.15) is 5.84 Å². The van der Waals surface area contributed by atoms with Crippen molar-refractivity contribution in [3.05, 3.63) is 120 Å². The predicted molar refractivity (Wildman–Crippen MR) is 146 cm³/mol. The van der Waals surface area contributed by atoms with Crippen LogP contribution in [0.25, 0.3) is 11.1 Å². The zero-order valence-electron chi connectivity index (χ0n) is 20.8. The molecule has 6 nitrogen and oxygen atoms in total. The molecular formula is C31H28N2O4. The number of carbonyl (C=O) groups is 2. The van der Waals surface area contributed by atoms with Gasteiger partial charge in [0.2, 0.25) is 0 Å². The van der Waals surface area contributed by atoms with E-state index in [0.717, 1.165) is 22.4 Å². The third-order valence-electron chi connectivity index (χ3n) is 5.54. The lowest BCUT2D eigenvalue weighted by Crippen LogP contribution is -2.14.